The van der Waals surface area contributed by atoms with Crippen molar-refractivity contribution in [1.82, 2.24) is 4.90 Å². The number of likely N-dealkylation sites (N-methyl/N-ethyl adjacent to an activating group) is 1. The number of amides is 1. The smallest absolute Gasteiger partial charge is 0.259 e. The number of ether oxygens (including phenoxy) is 1. The van der Waals surface area contributed by atoms with Crippen molar-refractivity contribution in [3.05, 3.63) is 82.9 Å². The Morgan fingerprint density at radius 3 is 2.55 bits per heavy atom. The number of benzene rings is 3. The highest BCUT2D eigenvalue weighted by Gasteiger charge is 2.12. The third kappa shape index (κ3) is 7.41. The van der Waals surface area contributed by atoms with Gasteiger partial charge in [0.25, 0.3) is 5.91 Å². The number of carbonyl (C=O) groups excluding carboxylic acids is 1. The summed E-state index contributed by atoms with van der Waals surface area (Å²) in [5.41, 5.74) is 2.68. The van der Waals surface area contributed by atoms with Crippen LogP contribution >= 0.6 is 11.6 Å². The molecule has 7 heteroatoms. The molecule has 0 fully saturated rings. The molecule has 0 aliphatic heterocycles. The minimum absolute atomic E-state index is 0.120. The number of hydrogen-bond donors (Lipinski definition) is 3. The number of phenolic OH excluding ortho intramolecular Hbond substituents is 1. The van der Waals surface area contributed by atoms with Crippen LogP contribution in [0.4, 0.5) is 11.4 Å². The van der Waals surface area contributed by atoms with Crippen molar-refractivity contribution in [2.45, 2.75) is 20.4 Å². The first kappa shape index (κ1) is 24.4. The predicted molar refractivity (Wildman–Crippen MR) is 135 cm³/mol. The Hall–Kier alpha value is -3.22. The largest absolute Gasteiger partial charge is 0.507 e. The molecule has 3 N–H and O–H groups in total. The quantitative estimate of drug-likeness (QED) is 0.341. The van der Waals surface area contributed by atoms with Gasteiger partial charge in [0, 0.05) is 29.5 Å². The summed E-state index contributed by atoms with van der Waals surface area (Å²) in [6.07, 6.45) is 0. The minimum atomic E-state index is -0.429. The van der Waals surface area contributed by atoms with Crippen molar-refractivity contribution in [2.75, 3.05) is 36.9 Å². The fraction of sp³-hybridized carbons (Fsp3) is 0.269. The topological polar surface area (TPSA) is 73.8 Å². The van der Waals surface area contributed by atoms with E-state index in [9.17, 15) is 9.90 Å². The molecule has 0 saturated heterocycles. The molecule has 0 saturated carbocycles. The van der Waals surface area contributed by atoms with E-state index in [-0.39, 0.29) is 11.3 Å². The maximum absolute atomic E-state index is 12.5. The second kappa shape index (κ2) is 12.1. The molecule has 6 nitrogen and oxygen atoms in total. The van der Waals surface area contributed by atoms with Crippen LogP contribution in [0.1, 0.15) is 29.8 Å². The Kier molecular flexibility index (Phi) is 8.98. The molecular formula is C26H30ClN3O3. The Morgan fingerprint density at radius 2 is 1.76 bits per heavy atom. The zero-order valence-electron chi connectivity index (χ0n) is 19.0. The first-order chi connectivity index (χ1) is 16.0. The summed E-state index contributed by atoms with van der Waals surface area (Å²) in [7, 11) is 0. The van der Waals surface area contributed by atoms with Crippen molar-refractivity contribution < 1.29 is 14.6 Å². The van der Waals surface area contributed by atoms with E-state index >= 15 is 0 Å². The molecule has 0 aromatic heterocycles. The molecule has 1 amide bonds. The molecule has 0 aliphatic carbocycles. The molecule has 174 valence electrons. The lowest BCUT2D eigenvalue weighted by molar-refractivity contribution is 0.102. The molecule has 0 atom stereocenters. The Balaban J connectivity index is 1.56. The van der Waals surface area contributed by atoms with Gasteiger partial charge in [0.1, 0.15) is 18.1 Å². The van der Waals surface area contributed by atoms with Crippen LogP contribution < -0.4 is 15.4 Å². The van der Waals surface area contributed by atoms with Gasteiger partial charge in [-0.1, -0.05) is 43.6 Å². The Labute approximate surface area is 200 Å². The SMILES string of the molecule is CCN(CC)CCOc1cccc(CNc2cccc(NC(=O)c3cc(Cl)ccc3O)c2)c1. The summed E-state index contributed by atoms with van der Waals surface area (Å²) in [4.78, 5) is 14.8. The molecule has 0 radical (unpaired) electrons. The number of nitrogens with one attached hydrogen (secondary N) is 2. The average Bonchev–Trinajstić information content (AvgIpc) is 2.82. The number of phenols is 1. The van der Waals surface area contributed by atoms with Crippen LogP contribution in [0.3, 0.4) is 0 Å². The molecule has 0 spiro atoms. The lowest BCUT2D eigenvalue weighted by Crippen LogP contribution is -2.27. The zero-order valence-corrected chi connectivity index (χ0v) is 19.7. The van der Waals surface area contributed by atoms with Crippen molar-refractivity contribution in [2.24, 2.45) is 0 Å². The first-order valence-electron chi connectivity index (χ1n) is 11.1. The normalized spacial score (nSPS) is 10.8. The molecule has 0 aliphatic rings. The van der Waals surface area contributed by atoms with Gasteiger partial charge in [-0.2, -0.15) is 0 Å². The van der Waals surface area contributed by atoms with Crippen LogP contribution in [0.2, 0.25) is 5.02 Å². The lowest BCUT2D eigenvalue weighted by atomic mass is 10.1. The van der Waals surface area contributed by atoms with Crippen LogP contribution in [0.15, 0.2) is 66.7 Å². The molecule has 3 aromatic rings. The number of aromatic hydroxyl groups is 1. The Bertz CT molecular complexity index is 1070. The molecule has 0 heterocycles. The highest BCUT2D eigenvalue weighted by Crippen LogP contribution is 2.24. The number of rotatable bonds is 11. The number of carbonyl (C=O) groups is 1. The summed E-state index contributed by atoms with van der Waals surface area (Å²) in [6, 6.07) is 19.8. The lowest BCUT2D eigenvalue weighted by Gasteiger charge is -2.18. The van der Waals surface area contributed by atoms with Gasteiger partial charge in [0.15, 0.2) is 0 Å². The minimum Gasteiger partial charge on any atom is -0.507 e. The average molecular weight is 468 g/mol. The van der Waals surface area contributed by atoms with E-state index < -0.39 is 5.91 Å². The maximum Gasteiger partial charge on any atom is 0.259 e. The summed E-state index contributed by atoms with van der Waals surface area (Å²) in [5.74, 6) is 0.302. The van der Waals surface area contributed by atoms with Crippen LogP contribution in [0.5, 0.6) is 11.5 Å². The third-order valence-corrected chi connectivity index (χ3v) is 5.52. The molecular weight excluding hydrogens is 438 g/mol. The van der Waals surface area contributed by atoms with Gasteiger partial charge in [-0.05, 0) is 67.2 Å². The highest BCUT2D eigenvalue weighted by molar-refractivity contribution is 6.31. The van der Waals surface area contributed by atoms with Crippen molar-refractivity contribution in [3.8, 4) is 11.5 Å². The van der Waals surface area contributed by atoms with Crippen LogP contribution in [-0.4, -0.2) is 42.2 Å². The van der Waals surface area contributed by atoms with Gasteiger partial charge in [0.2, 0.25) is 0 Å². The first-order valence-corrected chi connectivity index (χ1v) is 11.4. The number of hydrogen-bond acceptors (Lipinski definition) is 5. The monoisotopic (exact) mass is 467 g/mol. The summed E-state index contributed by atoms with van der Waals surface area (Å²) in [6.45, 7) is 8.51. The second-order valence-electron chi connectivity index (χ2n) is 7.57. The van der Waals surface area contributed by atoms with E-state index in [0.29, 0.717) is 23.9 Å². The van der Waals surface area contributed by atoms with Crippen LogP contribution in [0.25, 0.3) is 0 Å². The Morgan fingerprint density at radius 1 is 1.00 bits per heavy atom. The van der Waals surface area contributed by atoms with Gasteiger partial charge >= 0.3 is 0 Å². The van der Waals surface area contributed by atoms with Crippen LogP contribution in [-0.2, 0) is 6.54 Å². The summed E-state index contributed by atoms with van der Waals surface area (Å²) in [5, 5.41) is 16.5. The van der Waals surface area contributed by atoms with Gasteiger partial charge in [-0.25, -0.2) is 0 Å². The van der Waals surface area contributed by atoms with Gasteiger partial charge < -0.3 is 25.4 Å². The van der Waals surface area contributed by atoms with Gasteiger partial charge in [-0.15, -0.1) is 0 Å². The molecule has 33 heavy (non-hydrogen) atoms. The van der Waals surface area contributed by atoms with E-state index in [4.69, 9.17) is 16.3 Å². The second-order valence-corrected chi connectivity index (χ2v) is 8.01. The standard InChI is InChI=1S/C26H30ClN3O3/c1-3-30(4-2)13-14-33-23-10-5-7-19(15-23)18-28-21-8-6-9-22(17-21)29-26(32)24-16-20(27)11-12-25(24)31/h5-12,15-17,28,31H,3-4,13-14,18H2,1-2H3,(H,29,32). The number of nitrogens with zero attached hydrogens (tertiary/aromatic N) is 1. The molecule has 0 bridgehead atoms. The van der Waals surface area contributed by atoms with Crippen molar-refractivity contribution >= 4 is 28.9 Å². The van der Waals surface area contributed by atoms with E-state index in [2.05, 4.69) is 29.4 Å². The van der Waals surface area contributed by atoms with Gasteiger partial charge in [-0.3, -0.25) is 4.79 Å². The van der Waals surface area contributed by atoms with Gasteiger partial charge in [0.05, 0.1) is 5.56 Å². The fourth-order valence-electron chi connectivity index (χ4n) is 3.38. The van der Waals surface area contributed by atoms with E-state index in [0.717, 1.165) is 36.6 Å². The summed E-state index contributed by atoms with van der Waals surface area (Å²) >= 11 is 5.94. The maximum atomic E-state index is 12.5. The number of halogens is 1. The zero-order chi connectivity index (χ0) is 23.6. The summed E-state index contributed by atoms with van der Waals surface area (Å²) < 4.78 is 5.91. The van der Waals surface area contributed by atoms with Crippen molar-refractivity contribution in [3.63, 3.8) is 0 Å². The van der Waals surface area contributed by atoms with Crippen LogP contribution in [0, 0.1) is 0 Å². The fourth-order valence-corrected chi connectivity index (χ4v) is 3.55. The molecule has 3 aromatic carbocycles. The van der Waals surface area contributed by atoms with E-state index in [1.807, 2.05) is 42.5 Å². The van der Waals surface area contributed by atoms with Crippen molar-refractivity contribution in [1.29, 1.82) is 0 Å². The number of anilines is 2. The highest BCUT2D eigenvalue weighted by atomic mass is 35.5. The van der Waals surface area contributed by atoms with E-state index in [1.54, 1.807) is 6.07 Å². The predicted octanol–water partition coefficient (Wildman–Crippen LogP) is 5.63. The molecule has 3 rings (SSSR count). The van der Waals surface area contributed by atoms with E-state index in [1.165, 1.54) is 18.2 Å². The molecule has 0 unspecified atom stereocenters. The third-order valence-electron chi connectivity index (χ3n) is 5.29.